The summed E-state index contributed by atoms with van der Waals surface area (Å²) in [4.78, 5) is 16.7. The number of thiazole rings is 1. The van der Waals surface area contributed by atoms with Crippen molar-refractivity contribution in [2.45, 2.75) is 44.6 Å². The molecule has 1 saturated heterocycles. The Kier molecular flexibility index (Phi) is 4.14. The first-order chi connectivity index (χ1) is 11.3. The second-order valence-electron chi connectivity index (χ2n) is 6.22. The highest BCUT2D eigenvalue weighted by atomic mass is 32.1. The minimum Gasteiger partial charge on any atom is -0.368 e. The maximum atomic E-state index is 12.1. The number of benzene rings is 1. The Labute approximate surface area is 139 Å². The van der Waals surface area contributed by atoms with E-state index in [1.54, 1.807) is 0 Å². The molecule has 2 aliphatic rings. The number of nitrogens with one attached hydrogen (secondary N) is 1. The third kappa shape index (κ3) is 3.16. The highest BCUT2D eigenvalue weighted by molar-refractivity contribution is 7.14. The van der Waals surface area contributed by atoms with E-state index in [-0.39, 0.29) is 12.0 Å². The zero-order valence-corrected chi connectivity index (χ0v) is 13.8. The molecule has 1 N–H and O–H groups in total. The van der Waals surface area contributed by atoms with E-state index in [0.29, 0.717) is 11.7 Å². The summed E-state index contributed by atoms with van der Waals surface area (Å²) in [5, 5.41) is 5.54. The Bertz CT molecular complexity index is 720. The Morgan fingerprint density at radius 1 is 1.22 bits per heavy atom. The van der Waals surface area contributed by atoms with Gasteiger partial charge in [0, 0.05) is 17.6 Å². The highest BCUT2D eigenvalue weighted by Gasteiger charge is 2.24. The van der Waals surface area contributed by atoms with E-state index in [1.165, 1.54) is 41.7 Å². The number of anilines is 1. The molecular weight excluding hydrogens is 308 g/mol. The fourth-order valence-corrected chi connectivity index (χ4v) is 4.05. The number of nitrogens with zero attached hydrogens (tertiary/aromatic N) is 1. The number of ether oxygens (including phenoxy) is 1. The van der Waals surface area contributed by atoms with Gasteiger partial charge in [0.15, 0.2) is 5.13 Å². The largest absolute Gasteiger partial charge is 0.368 e. The Morgan fingerprint density at radius 2 is 2.09 bits per heavy atom. The number of hydrogen-bond acceptors (Lipinski definition) is 4. The predicted octanol–water partition coefficient (Wildman–Crippen LogP) is 3.81. The fraction of sp³-hybridized carbons (Fsp3) is 0.444. The van der Waals surface area contributed by atoms with Crippen molar-refractivity contribution >= 4 is 22.4 Å². The maximum absolute atomic E-state index is 12.1. The molecule has 2 aromatic rings. The van der Waals surface area contributed by atoms with Gasteiger partial charge in [-0.2, -0.15) is 0 Å². The van der Waals surface area contributed by atoms with Crippen LogP contribution >= 0.6 is 11.3 Å². The molecule has 120 valence electrons. The molecule has 1 aliphatic heterocycles. The number of carbonyl (C=O) groups is 1. The Balaban J connectivity index is 1.50. The van der Waals surface area contributed by atoms with Crippen LogP contribution in [0, 0.1) is 0 Å². The minimum atomic E-state index is -0.314. The first-order valence-corrected chi connectivity index (χ1v) is 9.18. The van der Waals surface area contributed by atoms with E-state index in [9.17, 15) is 4.79 Å². The summed E-state index contributed by atoms with van der Waals surface area (Å²) in [5.41, 5.74) is 5.00. The summed E-state index contributed by atoms with van der Waals surface area (Å²) in [6.45, 7) is 0.677. The van der Waals surface area contributed by atoms with Gasteiger partial charge in [0.1, 0.15) is 6.10 Å². The number of aryl methyl sites for hydroxylation is 2. The lowest BCUT2D eigenvalue weighted by atomic mass is 9.90. The summed E-state index contributed by atoms with van der Waals surface area (Å²) < 4.78 is 5.41. The molecule has 2 heterocycles. The van der Waals surface area contributed by atoms with Crippen LogP contribution in [0.25, 0.3) is 11.3 Å². The van der Waals surface area contributed by atoms with Crippen LogP contribution in [0.2, 0.25) is 0 Å². The lowest BCUT2D eigenvalue weighted by Crippen LogP contribution is -2.26. The van der Waals surface area contributed by atoms with Crippen LogP contribution in [0.5, 0.6) is 0 Å². The van der Waals surface area contributed by atoms with Crippen LogP contribution in [0.1, 0.15) is 36.8 Å². The van der Waals surface area contributed by atoms with Crippen molar-refractivity contribution in [3.63, 3.8) is 0 Å². The van der Waals surface area contributed by atoms with E-state index in [0.717, 1.165) is 30.5 Å². The van der Waals surface area contributed by atoms with Gasteiger partial charge in [-0.3, -0.25) is 10.1 Å². The molecule has 1 aromatic heterocycles. The average Bonchev–Trinajstić information content (AvgIpc) is 3.26. The van der Waals surface area contributed by atoms with Crippen molar-refractivity contribution in [2.24, 2.45) is 0 Å². The molecular formula is C18H20N2O2S. The quantitative estimate of drug-likeness (QED) is 0.932. The number of rotatable bonds is 3. The average molecular weight is 328 g/mol. The van der Waals surface area contributed by atoms with Gasteiger partial charge < -0.3 is 4.74 Å². The third-order valence-corrected chi connectivity index (χ3v) is 5.36. The van der Waals surface area contributed by atoms with Crippen molar-refractivity contribution in [2.75, 3.05) is 11.9 Å². The van der Waals surface area contributed by atoms with Gasteiger partial charge in [-0.25, -0.2) is 4.98 Å². The van der Waals surface area contributed by atoms with E-state index in [4.69, 9.17) is 4.74 Å². The van der Waals surface area contributed by atoms with Crippen molar-refractivity contribution in [1.29, 1.82) is 0 Å². The molecule has 5 heteroatoms. The Hall–Kier alpha value is -1.72. The monoisotopic (exact) mass is 328 g/mol. The van der Waals surface area contributed by atoms with E-state index in [2.05, 4.69) is 28.5 Å². The zero-order chi connectivity index (χ0) is 15.6. The number of amides is 1. The molecule has 1 aromatic carbocycles. The molecule has 0 radical (unpaired) electrons. The molecule has 1 amide bonds. The topological polar surface area (TPSA) is 51.2 Å². The molecule has 1 aliphatic carbocycles. The molecule has 1 unspecified atom stereocenters. The van der Waals surface area contributed by atoms with Crippen molar-refractivity contribution in [3.05, 3.63) is 34.7 Å². The Morgan fingerprint density at radius 3 is 2.91 bits per heavy atom. The molecule has 1 atom stereocenters. The maximum Gasteiger partial charge on any atom is 0.255 e. The lowest BCUT2D eigenvalue weighted by Gasteiger charge is -2.16. The first kappa shape index (κ1) is 14.8. The second kappa shape index (κ2) is 6.42. The SMILES string of the molecule is O=C(Nc1nc(-c2ccc3c(c2)CCCC3)cs1)C1CCCO1. The molecule has 0 saturated carbocycles. The van der Waals surface area contributed by atoms with Gasteiger partial charge in [0.25, 0.3) is 5.91 Å². The van der Waals surface area contributed by atoms with Gasteiger partial charge in [-0.05, 0) is 55.7 Å². The van der Waals surface area contributed by atoms with Gasteiger partial charge >= 0.3 is 0 Å². The highest BCUT2D eigenvalue weighted by Crippen LogP contribution is 2.29. The molecule has 4 nitrogen and oxygen atoms in total. The summed E-state index contributed by atoms with van der Waals surface area (Å²) in [6.07, 6.45) is 6.36. The molecule has 0 bridgehead atoms. The first-order valence-electron chi connectivity index (χ1n) is 8.30. The summed E-state index contributed by atoms with van der Waals surface area (Å²) >= 11 is 1.47. The van der Waals surface area contributed by atoms with Gasteiger partial charge in [-0.15, -0.1) is 11.3 Å². The second-order valence-corrected chi connectivity index (χ2v) is 7.08. The summed E-state index contributed by atoms with van der Waals surface area (Å²) in [5.74, 6) is -0.0751. The zero-order valence-electron chi connectivity index (χ0n) is 13.0. The lowest BCUT2D eigenvalue weighted by molar-refractivity contribution is -0.124. The number of hydrogen-bond donors (Lipinski definition) is 1. The summed E-state index contributed by atoms with van der Waals surface area (Å²) in [7, 11) is 0. The molecule has 23 heavy (non-hydrogen) atoms. The normalized spacial score (nSPS) is 20.3. The summed E-state index contributed by atoms with van der Waals surface area (Å²) in [6, 6.07) is 6.63. The van der Waals surface area contributed by atoms with Gasteiger partial charge in [0.05, 0.1) is 5.69 Å². The predicted molar refractivity (Wildman–Crippen MR) is 91.8 cm³/mol. The van der Waals surface area contributed by atoms with Crippen LogP contribution in [0.4, 0.5) is 5.13 Å². The fourth-order valence-electron chi connectivity index (χ4n) is 3.33. The van der Waals surface area contributed by atoms with Crippen LogP contribution in [0.3, 0.4) is 0 Å². The smallest absolute Gasteiger partial charge is 0.255 e. The van der Waals surface area contributed by atoms with E-state index >= 15 is 0 Å². The van der Waals surface area contributed by atoms with Crippen molar-refractivity contribution < 1.29 is 9.53 Å². The van der Waals surface area contributed by atoms with Crippen LogP contribution in [0.15, 0.2) is 23.6 Å². The molecule has 1 fully saturated rings. The van der Waals surface area contributed by atoms with Crippen molar-refractivity contribution in [1.82, 2.24) is 4.98 Å². The van der Waals surface area contributed by atoms with Crippen LogP contribution in [-0.4, -0.2) is 23.6 Å². The number of aromatic nitrogens is 1. The number of carbonyl (C=O) groups excluding carboxylic acids is 1. The van der Waals surface area contributed by atoms with Gasteiger partial charge in [-0.1, -0.05) is 12.1 Å². The minimum absolute atomic E-state index is 0.0751. The van der Waals surface area contributed by atoms with E-state index < -0.39 is 0 Å². The third-order valence-electron chi connectivity index (χ3n) is 4.60. The van der Waals surface area contributed by atoms with Crippen LogP contribution in [-0.2, 0) is 22.4 Å². The molecule has 0 spiro atoms. The van der Waals surface area contributed by atoms with Crippen LogP contribution < -0.4 is 5.32 Å². The van der Waals surface area contributed by atoms with Gasteiger partial charge in [0.2, 0.25) is 0 Å². The standard InChI is InChI=1S/C18H20N2O2S/c21-17(16-6-3-9-22-16)20-18-19-15(11-23-18)14-8-7-12-4-1-2-5-13(12)10-14/h7-8,10-11,16H,1-6,9H2,(H,19,20,21). The van der Waals surface area contributed by atoms with Crippen molar-refractivity contribution in [3.8, 4) is 11.3 Å². The number of fused-ring (bicyclic) bond motifs is 1. The van der Waals surface area contributed by atoms with E-state index in [1.807, 2.05) is 5.38 Å². The molecule has 4 rings (SSSR count).